The quantitative estimate of drug-likeness (QED) is 0.0931. The van der Waals surface area contributed by atoms with Crippen molar-refractivity contribution in [3.8, 4) is 22.6 Å². The summed E-state index contributed by atoms with van der Waals surface area (Å²) in [4.78, 5) is 23.6. The van der Waals surface area contributed by atoms with Crippen LogP contribution in [0.3, 0.4) is 0 Å². The third-order valence-electron chi connectivity index (χ3n) is 6.07. The monoisotopic (exact) mass is 500 g/mol. The highest BCUT2D eigenvalue weighted by atomic mass is 16.5. The van der Waals surface area contributed by atoms with Crippen LogP contribution in [-0.4, -0.2) is 25.2 Å². The van der Waals surface area contributed by atoms with Crippen molar-refractivity contribution in [3.05, 3.63) is 96.6 Å². The molecule has 0 atom stereocenters. The van der Waals surface area contributed by atoms with Gasteiger partial charge in [0.25, 0.3) is 0 Å². The second-order valence-electron chi connectivity index (χ2n) is 8.80. The number of carbonyl (C=O) groups is 2. The lowest BCUT2D eigenvalue weighted by atomic mass is 10.0. The second-order valence-corrected chi connectivity index (χ2v) is 8.80. The first kappa shape index (κ1) is 27.7. The fraction of sp³-hybridized carbons (Fsp3) is 0.312. The topological polar surface area (TPSA) is 61.8 Å². The molecule has 37 heavy (non-hydrogen) atoms. The summed E-state index contributed by atoms with van der Waals surface area (Å²) in [6.07, 6.45) is 8.36. The molecule has 3 rings (SSSR count). The number of hydrogen-bond acceptors (Lipinski definition) is 5. The number of esters is 2. The molecule has 0 aliphatic carbocycles. The zero-order valence-electron chi connectivity index (χ0n) is 21.6. The number of unbranched alkanes of at least 4 members (excludes halogenated alkanes) is 5. The lowest BCUT2D eigenvalue weighted by molar-refractivity contribution is -0.137. The van der Waals surface area contributed by atoms with E-state index >= 15 is 0 Å². The minimum Gasteiger partial charge on any atom is -0.493 e. The SMILES string of the molecule is C=CC(=O)OCCCCCCCCOc1ccccc1-c1ccc(C(=O)Oc2ccc(CC)cc2)cc1. The number of carbonyl (C=O) groups excluding carboxylic acids is 2. The Labute approximate surface area is 220 Å². The van der Waals surface area contributed by atoms with E-state index in [-0.39, 0.29) is 11.9 Å². The predicted octanol–water partition coefficient (Wildman–Crippen LogP) is 7.58. The molecule has 3 aromatic carbocycles. The minimum absolute atomic E-state index is 0.357. The van der Waals surface area contributed by atoms with E-state index in [1.54, 1.807) is 12.1 Å². The van der Waals surface area contributed by atoms with Gasteiger partial charge in [0.15, 0.2) is 0 Å². The second kappa shape index (κ2) is 15.3. The maximum atomic E-state index is 12.6. The Bertz CT molecular complexity index is 1130. The lowest BCUT2D eigenvalue weighted by Gasteiger charge is -2.12. The number of ether oxygens (including phenoxy) is 3. The molecule has 0 aliphatic heterocycles. The molecule has 3 aromatic rings. The molecule has 0 unspecified atom stereocenters. The summed E-state index contributed by atoms with van der Waals surface area (Å²) in [6.45, 7) is 6.58. The fourth-order valence-electron chi connectivity index (χ4n) is 3.90. The van der Waals surface area contributed by atoms with Gasteiger partial charge in [-0.3, -0.25) is 0 Å². The Morgan fingerprint density at radius 3 is 2.11 bits per heavy atom. The van der Waals surface area contributed by atoms with Crippen LogP contribution in [0, 0.1) is 0 Å². The van der Waals surface area contributed by atoms with Gasteiger partial charge in [-0.25, -0.2) is 9.59 Å². The molecule has 5 nitrogen and oxygen atoms in total. The van der Waals surface area contributed by atoms with Gasteiger partial charge in [-0.15, -0.1) is 0 Å². The van der Waals surface area contributed by atoms with Crippen LogP contribution in [0.1, 0.15) is 61.4 Å². The van der Waals surface area contributed by atoms with Crippen LogP contribution >= 0.6 is 0 Å². The van der Waals surface area contributed by atoms with Crippen molar-refractivity contribution in [2.75, 3.05) is 13.2 Å². The van der Waals surface area contributed by atoms with Gasteiger partial charge < -0.3 is 14.2 Å². The smallest absolute Gasteiger partial charge is 0.343 e. The predicted molar refractivity (Wildman–Crippen MR) is 147 cm³/mol. The summed E-state index contributed by atoms with van der Waals surface area (Å²) in [5, 5.41) is 0. The zero-order chi connectivity index (χ0) is 26.3. The van der Waals surface area contributed by atoms with Crippen molar-refractivity contribution < 1.29 is 23.8 Å². The van der Waals surface area contributed by atoms with E-state index in [1.807, 2.05) is 60.7 Å². The Hall–Kier alpha value is -3.86. The van der Waals surface area contributed by atoms with Gasteiger partial charge in [0.2, 0.25) is 0 Å². The summed E-state index contributed by atoms with van der Waals surface area (Å²) in [7, 11) is 0. The number of hydrogen-bond donors (Lipinski definition) is 0. The summed E-state index contributed by atoms with van der Waals surface area (Å²) in [6, 6.07) is 22.9. The molecule has 0 aromatic heterocycles. The summed E-state index contributed by atoms with van der Waals surface area (Å²) in [5.74, 6) is 0.638. The molecule has 0 bridgehead atoms. The van der Waals surface area contributed by atoms with Crippen LogP contribution in [0.5, 0.6) is 11.5 Å². The maximum Gasteiger partial charge on any atom is 0.343 e. The van der Waals surface area contributed by atoms with Crippen molar-refractivity contribution in [1.29, 1.82) is 0 Å². The van der Waals surface area contributed by atoms with E-state index in [2.05, 4.69) is 13.5 Å². The van der Waals surface area contributed by atoms with Gasteiger partial charge >= 0.3 is 11.9 Å². The molecular formula is C32H36O5. The Morgan fingerprint density at radius 2 is 1.43 bits per heavy atom. The van der Waals surface area contributed by atoms with Crippen LogP contribution in [0.4, 0.5) is 0 Å². The average Bonchev–Trinajstić information content (AvgIpc) is 2.94. The van der Waals surface area contributed by atoms with Crippen molar-refractivity contribution >= 4 is 11.9 Å². The molecule has 5 heteroatoms. The fourth-order valence-corrected chi connectivity index (χ4v) is 3.90. The number of rotatable bonds is 15. The standard InChI is InChI=1S/C32H36O5/c1-3-25-15-21-28(22-16-25)37-32(34)27-19-17-26(18-20-27)29-13-9-10-14-30(29)35-23-11-7-5-6-8-12-24-36-31(33)4-2/h4,9-10,13-22H,2-3,5-8,11-12,23-24H2,1H3. The highest BCUT2D eigenvalue weighted by molar-refractivity contribution is 5.91. The zero-order valence-corrected chi connectivity index (χ0v) is 21.6. The highest BCUT2D eigenvalue weighted by Crippen LogP contribution is 2.30. The van der Waals surface area contributed by atoms with E-state index in [4.69, 9.17) is 14.2 Å². The molecule has 0 heterocycles. The molecular weight excluding hydrogens is 464 g/mol. The largest absolute Gasteiger partial charge is 0.493 e. The van der Waals surface area contributed by atoms with Gasteiger partial charge in [-0.2, -0.15) is 0 Å². The molecule has 194 valence electrons. The van der Waals surface area contributed by atoms with Gasteiger partial charge in [0.1, 0.15) is 11.5 Å². The van der Waals surface area contributed by atoms with Gasteiger partial charge in [0, 0.05) is 11.6 Å². The number of para-hydroxylation sites is 1. The average molecular weight is 501 g/mol. The number of benzene rings is 3. The Kier molecular flexibility index (Phi) is 11.5. The van der Waals surface area contributed by atoms with E-state index in [0.717, 1.165) is 61.8 Å². The molecule has 0 fully saturated rings. The van der Waals surface area contributed by atoms with Crippen LogP contribution in [0.25, 0.3) is 11.1 Å². The van der Waals surface area contributed by atoms with E-state index in [9.17, 15) is 9.59 Å². The summed E-state index contributed by atoms with van der Waals surface area (Å²) < 4.78 is 16.6. The lowest BCUT2D eigenvalue weighted by Crippen LogP contribution is -2.08. The highest BCUT2D eigenvalue weighted by Gasteiger charge is 2.11. The Balaban J connectivity index is 1.43. The van der Waals surface area contributed by atoms with Crippen LogP contribution in [0.15, 0.2) is 85.5 Å². The van der Waals surface area contributed by atoms with Gasteiger partial charge in [-0.1, -0.05) is 81.7 Å². The van der Waals surface area contributed by atoms with E-state index < -0.39 is 0 Å². The first-order chi connectivity index (χ1) is 18.1. The normalized spacial score (nSPS) is 10.5. The van der Waals surface area contributed by atoms with Crippen LogP contribution in [-0.2, 0) is 16.0 Å². The molecule has 0 aliphatic rings. The summed E-state index contributed by atoms with van der Waals surface area (Å²) in [5.41, 5.74) is 3.68. The molecule has 0 saturated heterocycles. The molecule has 0 saturated carbocycles. The van der Waals surface area contributed by atoms with Crippen molar-refractivity contribution in [1.82, 2.24) is 0 Å². The van der Waals surface area contributed by atoms with Crippen molar-refractivity contribution in [2.45, 2.75) is 51.9 Å². The minimum atomic E-state index is -0.377. The van der Waals surface area contributed by atoms with E-state index in [0.29, 0.717) is 24.5 Å². The van der Waals surface area contributed by atoms with Gasteiger partial charge in [0.05, 0.1) is 18.8 Å². The van der Waals surface area contributed by atoms with Crippen molar-refractivity contribution in [3.63, 3.8) is 0 Å². The molecule has 0 amide bonds. The van der Waals surface area contributed by atoms with Gasteiger partial charge in [-0.05, 0) is 60.7 Å². The third kappa shape index (κ3) is 9.26. The van der Waals surface area contributed by atoms with Crippen LogP contribution < -0.4 is 9.47 Å². The first-order valence-corrected chi connectivity index (χ1v) is 13.0. The first-order valence-electron chi connectivity index (χ1n) is 13.0. The Morgan fingerprint density at radius 1 is 0.784 bits per heavy atom. The summed E-state index contributed by atoms with van der Waals surface area (Å²) >= 11 is 0. The molecule has 0 N–H and O–H groups in total. The third-order valence-corrected chi connectivity index (χ3v) is 6.07. The maximum absolute atomic E-state index is 12.6. The van der Waals surface area contributed by atoms with Crippen LogP contribution in [0.2, 0.25) is 0 Å². The van der Waals surface area contributed by atoms with E-state index in [1.165, 1.54) is 11.6 Å². The van der Waals surface area contributed by atoms with Crippen molar-refractivity contribution in [2.24, 2.45) is 0 Å². The molecule has 0 radical (unpaired) electrons. The number of aryl methyl sites for hydroxylation is 1. The molecule has 0 spiro atoms.